The number of unbranched alkanes of at least 4 members (excludes halogenated alkanes) is 1. The van der Waals surface area contributed by atoms with Crippen molar-refractivity contribution in [2.45, 2.75) is 68.9 Å². The summed E-state index contributed by atoms with van der Waals surface area (Å²) in [5, 5.41) is 32.3. The summed E-state index contributed by atoms with van der Waals surface area (Å²) in [6.07, 6.45) is 3.29. The minimum Gasteiger partial charge on any atom is -0.459 e. The van der Waals surface area contributed by atoms with E-state index in [0.717, 1.165) is 12.8 Å². The highest BCUT2D eigenvalue weighted by molar-refractivity contribution is 9.12. The quantitative estimate of drug-likeness (QED) is 0.301. The second-order valence-corrected chi connectivity index (χ2v) is 8.74. The van der Waals surface area contributed by atoms with E-state index in [1.807, 2.05) is 30.3 Å². The van der Waals surface area contributed by atoms with E-state index in [-0.39, 0.29) is 10.1 Å². The van der Waals surface area contributed by atoms with E-state index in [2.05, 4.69) is 15.9 Å². The molecule has 1 aromatic carbocycles. The number of benzene rings is 1. The minimum atomic E-state index is -1.90. The number of cyclic esters (lactones) is 1. The molecule has 1 aliphatic heterocycles. The van der Waals surface area contributed by atoms with Crippen molar-refractivity contribution in [3.63, 3.8) is 0 Å². The molecule has 1 unspecified atom stereocenters. The Balaban J connectivity index is 1.65. The molecule has 0 radical (unpaired) electrons. The van der Waals surface area contributed by atoms with Gasteiger partial charge in [0.15, 0.2) is 5.78 Å². The second kappa shape index (κ2) is 10.0. The van der Waals surface area contributed by atoms with Gasteiger partial charge in [-0.15, -0.1) is 0 Å². The van der Waals surface area contributed by atoms with Crippen molar-refractivity contribution in [2.24, 2.45) is 0 Å². The Kier molecular flexibility index (Phi) is 7.63. The molecule has 3 N–H and O–H groups in total. The van der Waals surface area contributed by atoms with E-state index in [9.17, 15) is 24.9 Å². The molecule has 0 spiro atoms. The van der Waals surface area contributed by atoms with Gasteiger partial charge in [0.2, 0.25) is 0 Å². The monoisotopic (exact) mass is 478 g/mol. The fourth-order valence-corrected chi connectivity index (χ4v) is 4.48. The fourth-order valence-electron chi connectivity index (χ4n) is 3.92. The molecule has 1 fully saturated rings. The Morgan fingerprint density at radius 2 is 1.93 bits per heavy atom. The number of ether oxygens (including phenoxy) is 1. The zero-order chi connectivity index (χ0) is 21.7. The number of esters is 1. The Bertz CT molecular complexity index is 833. The molecule has 0 amide bonds. The number of carbonyl (C=O) groups excluding carboxylic acids is 2. The van der Waals surface area contributed by atoms with Crippen LogP contribution in [0.4, 0.5) is 0 Å². The first kappa shape index (κ1) is 22.9. The smallest absolute Gasteiger partial charge is 0.306 e. The highest BCUT2D eigenvalue weighted by atomic mass is 79.9. The minimum absolute atomic E-state index is 0.0981. The van der Waals surface area contributed by atoms with E-state index in [1.54, 1.807) is 0 Å². The molecule has 0 saturated carbocycles. The number of carbonyl (C=O) groups is 2. The van der Waals surface area contributed by atoms with Gasteiger partial charge in [0.05, 0.1) is 10.6 Å². The molecule has 30 heavy (non-hydrogen) atoms. The van der Waals surface area contributed by atoms with E-state index >= 15 is 0 Å². The summed E-state index contributed by atoms with van der Waals surface area (Å²) in [6, 6.07) is 10.00. The van der Waals surface area contributed by atoms with Gasteiger partial charge in [0.1, 0.15) is 17.8 Å². The molecule has 6 nitrogen and oxygen atoms in total. The molecule has 1 saturated heterocycles. The van der Waals surface area contributed by atoms with Crippen LogP contribution in [-0.2, 0) is 20.7 Å². The van der Waals surface area contributed by atoms with Crippen LogP contribution in [0.25, 0.3) is 0 Å². The maximum Gasteiger partial charge on any atom is 0.306 e. The molecule has 4 atom stereocenters. The van der Waals surface area contributed by atoms with Gasteiger partial charge < -0.3 is 20.1 Å². The Labute approximate surface area is 184 Å². The standard InChI is InChI=1S/C23H27BrO6/c24-17-14-23(29,20(26)11-5-4-9-15-7-2-1-3-8-15)16(22(17)28)13-18(25)19-10-6-12-21(27)30-19/h1-3,7-8,13-14,18-20,25-26,29H,4-6,9-12H2/b16-13-/t18-,19?,20-,23+/m1/s1. The van der Waals surface area contributed by atoms with Crippen LogP contribution in [0.5, 0.6) is 0 Å². The number of aliphatic hydroxyl groups excluding tert-OH is 2. The summed E-state index contributed by atoms with van der Waals surface area (Å²) >= 11 is 3.13. The lowest BCUT2D eigenvalue weighted by Gasteiger charge is -2.30. The van der Waals surface area contributed by atoms with Gasteiger partial charge in [-0.1, -0.05) is 36.8 Å². The third-order valence-corrected chi connectivity index (χ3v) is 6.24. The van der Waals surface area contributed by atoms with Gasteiger partial charge in [-0.3, -0.25) is 9.59 Å². The van der Waals surface area contributed by atoms with Gasteiger partial charge >= 0.3 is 5.97 Å². The largest absolute Gasteiger partial charge is 0.459 e. The van der Waals surface area contributed by atoms with Crippen molar-refractivity contribution in [1.82, 2.24) is 0 Å². The lowest BCUT2D eigenvalue weighted by Crippen LogP contribution is -2.43. The third-order valence-electron chi connectivity index (χ3n) is 5.65. The first-order valence-electron chi connectivity index (χ1n) is 10.3. The topological polar surface area (TPSA) is 104 Å². The zero-order valence-electron chi connectivity index (χ0n) is 16.7. The number of hydrogen-bond donors (Lipinski definition) is 3. The molecule has 1 heterocycles. The van der Waals surface area contributed by atoms with Gasteiger partial charge in [0.25, 0.3) is 0 Å². The van der Waals surface area contributed by atoms with Gasteiger partial charge in [-0.2, -0.15) is 0 Å². The SMILES string of the molecule is O=C1CCCC([C@H](O)/C=C2/C(=O)C(Br)=C[C@@]2(O)[C@H](O)CCCCc2ccccc2)O1. The van der Waals surface area contributed by atoms with Gasteiger partial charge in [-0.05, 0) is 65.7 Å². The van der Waals surface area contributed by atoms with E-state index < -0.39 is 35.7 Å². The van der Waals surface area contributed by atoms with Crippen LogP contribution in [0.15, 0.2) is 52.5 Å². The molecule has 1 aromatic rings. The number of Topliss-reactive ketones (excluding diaryl/α,β-unsaturated/α-hetero) is 1. The molecular formula is C23H27BrO6. The fraction of sp³-hybridized carbons (Fsp3) is 0.478. The van der Waals surface area contributed by atoms with Crippen molar-refractivity contribution >= 4 is 27.7 Å². The predicted molar refractivity (Wildman–Crippen MR) is 115 cm³/mol. The second-order valence-electron chi connectivity index (χ2n) is 7.89. The zero-order valence-corrected chi connectivity index (χ0v) is 18.3. The molecule has 0 bridgehead atoms. The number of rotatable bonds is 8. The molecular weight excluding hydrogens is 452 g/mol. The van der Waals surface area contributed by atoms with Crippen molar-refractivity contribution in [3.8, 4) is 0 Å². The van der Waals surface area contributed by atoms with E-state index in [1.165, 1.54) is 17.7 Å². The van der Waals surface area contributed by atoms with Crippen molar-refractivity contribution in [2.75, 3.05) is 0 Å². The number of aliphatic hydroxyl groups is 3. The maximum absolute atomic E-state index is 12.5. The molecule has 162 valence electrons. The van der Waals surface area contributed by atoms with E-state index in [0.29, 0.717) is 32.1 Å². The van der Waals surface area contributed by atoms with Crippen molar-refractivity contribution in [3.05, 3.63) is 58.1 Å². The number of halogens is 1. The summed E-state index contributed by atoms with van der Waals surface area (Å²) in [4.78, 5) is 24.0. The maximum atomic E-state index is 12.5. The van der Waals surface area contributed by atoms with Crippen LogP contribution in [-0.4, -0.2) is 51.0 Å². The molecule has 1 aliphatic carbocycles. The Morgan fingerprint density at radius 1 is 1.20 bits per heavy atom. The molecule has 0 aromatic heterocycles. The Morgan fingerprint density at radius 3 is 2.63 bits per heavy atom. The summed E-state index contributed by atoms with van der Waals surface area (Å²) < 4.78 is 5.28. The summed E-state index contributed by atoms with van der Waals surface area (Å²) in [7, 11) is 0. The summed E-state index contributed by atoms with van der Waals surface area (Å²) in [5.41, 5.74) is -0.795. The van der Waals surface area contributed by atoms with Crippen LogP contribution in [0, 0.1) is 0 Å². The average Bonchev–Trinajstić information content (AvgIpc) is 2.96. The normalized spacial score (nSPS) is 27.7. The van der Waals surface area contributed by atoms with Crippen LogP contribution in [0.3, 0.4) is 0 Å². The van der Waals surface area contributed by atoms with Crippen LogP contribution in [0.2, 0.25) is 0 Å². The molecule has 3 rings (SSSR count). The van der Waals surface area contributed by atoms with Gasteiger partial charge in [0, 0.05) is 12.0 Å². The summed E-state index contributed by atoms with van der Waals surface area (Å²) in [5.74, 6) is -0.892. The highest BCUT2D eigenvalue weighted by Crippen LogP contribution is 2.38. The first-order chi connectivity index (χ1) is 14.3. The third kappa shape index (κ3) is 5.27. The average molecular weight is 479 g/mol. The van der Waals surface area contributed by atoms with Crippen LogP contribution in [0.1, 0.15) is 44.1 Å². The molecule has 2 aliphatic rings. The number of hydrogen-bond acceptors (Lipinski definition) is 6. The lowest BCUT2D eigenvalue weighted by molar-refractivity contribution is -0.158. The lowest BCUT2D eigenvalue weighted by atomic mass is 9.86. The predicted octanol–water partition coefficient (Wildman–Crippen LogP) is 2.74. The van der Waals surface area contributed by atoms with Crippen LogP contribution < -0.4 is 0 Å². The van der Waals surface area contributed by atoms with Crippen LogP contribution >= 0.6 is 15.9 Å². The van der Waals surface area contributed by atoms with Crippen molar-refractivity contribution < 1.29 is 29.6 Å². The summed E-state index contributed by atoms with van der Waals surface area (Å²) in [6.45, 7) is 0. The first-order valence-corrected chi connectivity index (χ1v) is 11.1. The van der Waals surface area contributed by atoms with Crippen molar-refractivity contribution in [1.29, 1.82) is 0 Å². The number of ketones is 1. The number of allylic oxidation sites excluding steroid dienone is 1. The Hall–Kier alpha value is -1.80. The number of aryl methyl sites for hydroxylation is 1. The molecule has 7 heteroatoms. The highest BCUT2D eigenvalue weighted by Gasteiger charge is 2.47. The van der Waals surface area contributed by atoms with E-state index in [4.69, 9.17) is 4.74 Å². The van der Waals surface area contributed by atoms with Gasteiger partial charge in [-0.25, -0.2) is 0 Å².